The first kappa shape index (κ1) is 19.3. The Kier molecular flexibility index (Phi) is 6.67. The van der Waals surface area contributed by atoms with Crippen molar-refractivity contribution in [3.63, 3.8) is 0 Å². The van der Waals surface area contributed by atoms with Gasteiger partial charge in [0, 0.05) is 38.1 Å². The van der Waals surface area contributed by atoms with Crippen molar-refractivity contribution in [3.8, 4) is 0 Å². The average molecular weight is 365 g/mol. The molecule has 0 radical (unpaired) electrons. The number of carbonyl (C=O) groups excluding carboxylic acids is 1. The van der Waals surface area contributed by atoms with Crippen LogP contribution in [0.25, 0.3) is 0 Å². The molecule has 2 saturated heterocycles. The van der Waals surface area contributed by atoms with Crippen LogP contribution in [0.5, 0.6) is 0 Å². The molecule has 2 aliphatic heterocycles. The van der Waals surface area contributed by atoms with E-state index in [1.165, 1.54) is 0 Å². The van der Waals surface area contributed by atoms with Crippen molar-refractivity contribution >= 4 is 5.91 Å². The second-order valence-corrected chi connectivity index (χ2v) is 7.69. The molecular weight excluding hydrogens is 334 g/mol. The topological polar surface area (TPSA) is 85.6 Å². The molecule has 0 spiro atoms. The molecule has 0 aromatic carbocycles. The minimum atomic E-state index is -0.487. The van der Waals surface area contributed by atoms with E-state index in [0.29, 0.717) is 38.6 Å². The van der Waals surface area contributed by atoms with Gasteiger partial charge in [0.2, 0.25) is 5.91 Å². The van der Waals surface area contributed by atoms with Crippen LogP contribution in [0.2, 0.25) is 0 Å². The second-order valence-electron chi connectivity index (χ2n) is 7.69. The molecule has 7 nitrogen and oxygen atoms in total. The molecule has 0 saturated carbocycles. The number of amides is 1. The van der Waals surface area contributed by atoms with E-state index >= 15 is 0 Å². The molecule has 3 rings (SSSR count). The maximum atomic E-state index is 12.9. The fourth-order valence-corrected chi connectivity index (χ4v) is 3.75. The lowest BCUT2D eigenvalue weighted by Crippen LogP contribution is -2.52. The minimum Gasteiger partial charge on any atom is -0.381 e. The van der Waals surface area contributed by atoms with E-state index in [1.807, 2.05) is 19.9 Å². The van der Waals surface area contributed by atoms with E-state index in [4.69, 9.17) is 14.0 Å². The first-order chi connectivity index (χ1) is 12.6. The third-order valence-corrected chi connectivity index (χ3v) is 5.23. The van der Waals surface area contributed by atoms with Gasteiger partial charge in [0.1, 0.15) is 5.76 Å². The summed E-state index contributed by atoms with van der Waals surface area (Å²) in [5.41, 5.74) is 0.459. The highest BCUT2D eigenvalue weighted by Gasteiger charge is 2.41. The highest BCUT2D eigenvalue weighted by molar-refractivity contribution is 5.83. The molecule has 146 valence electrons. The summed E-state index contributed by atoms with van der Waals surface area (Å²) in [7, 11) is 0. The Hall–Kier alpha value is -1.44. The van der Waals surface area contributed by atoms with Crippen molar-refractivity contribution in [2.24, 2.45) is 5.41 Å². The zero-order chi connectivity index (χ0) is 18.4. The number of hydrogen-bond donors (Lipinski definition) is 2. The molecule has 3 heterocycles. The standard InChI is InChI=1S/C19H31N3O4/c1-14(2)25-9-7-21-18(23)19(5-3-6-20-13-19)11-16-10-17(22-26-16)15-4-8-24-12-15/h10,14-15,20H,3-9,11-13H2,1-2H3,(H,21,23)/t15-,19+/m0/s1. The molecule has 0 unspecified atom stereocenters. The van der Waals surface area contributed by atoms with Crippen LogP contribution in [0.1, 0.15) is 50.5 Å². The SMILES string of the molecule is CC(C)OCCNC(=O)[C@@]1(Cc2cc([C@H]3CCOC3)no2)CCCNC1. The van der Waals surface area contributed by atoms with E-state index in [0.717, 1.165) is 43.9 Å². The highest BCUT2D eigenvalue weighted by Crippen LogP contribution is 2.33. The van der Waals surface area contributed by atoms with Gasteiger partial charge in [-0.1, -0.05) is 5.16 Å². The molecule has 2 aliphatic rings. The maximum absolute atomic E-state index is 12.9. The van der Waals surface area contributed by atoms with Crippen LogP contribution in [0.4, 0.5) is 0 Å². The fraction of sp³-hybridized carbons (Fsp3) is 0.789. The normalized spacial score (nSPS) is 26.3. The number of hydrogen-bond acceptors (Lipinski definition) is 6. The third kappa shape index (κ3) is 4.84. The summed E-state index contributed by atoms with van der Waals surface area (Å²) in [4.78, 5) is 12.9. The van der Waals surface area contributed by atoms with Crippen LogP contribution < -0.4 is 10.6 Å². The molecule has 2 fully saturated rings. The lowest BCUT2D eigenvalue weighted by atomic mass is 9.76. The van der Waals surface area contributed by atoms with Gasteiger partial charge in [0.25, 0.3) is 0 Å². The van der Waals surface area contributed by atoms with Gasteiger partial charge >= 0.3 is 0 Å². The molecule has 1 aromatic heterocycles. The largest absolute Gasteiger partial charge is 0.381 e. The second kappa shape index (κ2) is 8.97. The highest BCUT2D eigenvalue weighted by atomic mass is 16.5. The number of ether oxygens (including phenoxy) is 2. The Morgan fingerprint density at radius 3 is 3.12 bits per heavy atom. The number of nitrogens with zero attached hydrogens (tertiary/aromatic N) is 1. The van der Waals surface area contributed by atoms with Gasteiger partial charge in [-0.3, -0.25) is 4.79 Å². The summed E-state index contributed by atoms with van der Waals surface area (Å²) >= 11 is 0. The molecule has 7 heteroatoms. The van der Waals surface area contributed by atoms with E-state index < -0.39 is 5.41 Å². The third-order valence-electron chi connectivity index (χ3n) is 5.23. The van der Waals surface area contributed by atoms with Gasteiger partial charge in [0.05, 0.1) is 30.4 Å². The fourth-order valence-electron chi connectivity index (χ4n) is 3.75. The lowest BCUT2D eigenvalue weighted by Gasteiger charge is -2.35. The number of piperidine rings is 1. The number of rotatable bonds is 8. The number of carbonyl (C=O) groups is 1. The molecular formula is C19H31N3O4. The minimum absolute atomic E-state index is 0.0687. The van der Waals surface area contributed by atoms with Crippen molar-refractivity contribution in [2.45, 2.75) is 51.6 Å². The van der Waals surface area contributed by atoms with Crippen molar-refractivity contribution < 1.29 is 18.8 Å². The van der Waals surface area contributed by atoms with E-state index in [2.05, 4.69) is 15.8 Å². The Balaban J connectivity index is 1.62. The monoisotopic (exact) mass is 365 g/mol. The first-order valence-electron chi connectivity index (χ1n) is 9.73. The molecule has 0 bridgehead atoms. The first-order valence-corrected chi connectivity index (χ1v) is 9.73. The van der Waals surface area contributed by atoms with E-state index in [-0.39, 0.29) is 12.0 Å². The van der Waals surface area contributed by atoms with Gasteiger partial charge < -0.3 is 24.6 Å². The summed E-state index contributed by atoms with van der Waals surface area (Å²) in [5.74, 6) is 1.17. The zero-order valence-electron chi connectivity index (χ0n) is 15.9. The van der Waals surface area contributed by atoms with Gasteiger partial charge in [0.15, 0.2) is 0 Å². The predicted octanol–water partition coefficient (Wildman–Crippen LogP) is 1.63. The average Bonchev–Trinajstić information content (AvgIpc) is 3.30. The molecule has 1 aromatic rings. The van der Waals surface area contributed by atoms with E-state index in [1.54, 1.807) is 0 Å². The number of aromatic nitrogens is 1. The Labute approximate surface area is 155 Å². The lowest BCUT2D eigenvalue weighted by molar-refractivity contribution is -0.132. The van der Waals surface area contributed by atoms with Crippen molar-refractivity contribution in [2.75, 3.05) is 39.5 Å². The number of nitrogens with one attached hydrogen (secondary N) is 2. The van der Waals surface area contributed by atoms with Crippen molar-refractivity contribution in [3.05, 3.63) is 17.5 Å². The van der Waals surface area contributed by atoms with Crippen LogP contribution in [0.15, 0.2) is 10.6 Å². The summed E-state index contributed by atoms with van der Waals surface area (Å²) < 4.78 is 16.5. The molecule has 2 atom stereocenters. The molecule has 0 aliphatic carbocycles. The Morgan fingerprint density at radius 2 is 2.42 bits per heavy atom. The van der Waals surface area contributed by atoms with Crippen molar-refractivity contribution in [1.29, 1.82) is 0 Å². The summed E-state index contributed by atoms with van der Waals surface area (Å²) in [6, 6.07) is 2.00. The summed E-state index contributed by atoms with van der Waals surface area (Å²) in [5, 5.41) is 10.6. The van der Waals surface area contributed by atoms with Crippen LogP contribution in [0, 0.1) is 5.41 Å². The summed E-state index contributed by atoms with van der Waals surface area (Å²) in [6.45, 7) is 8.13. The van der Waals surface area contributed by atoms with Gasteiger partial charge in [-0.2, -0.15) is 0 Å². The molecule has 2 N–H and O–H groups in total. The summed E-state index contributed by atoms with van der Waals surface area (Å²) in [6.07, 6.45) is 3.55. The van der Waals surface area contributed by atoms with Crippen LogP contribution in [-0.4, -0.2) is 56.6 Å². The Morgan fingerprint density at radius 1 is 1.54 bits per heavy atom. The Bertz CT molecular complexity index is 575. The zero-order valence-corrected chi connectivity index (χ0v) is 15.9. The van der Waals surface area contributed by atoms with Crippen molar-refractivity contribution in [1.82, 2.24) is 15.8 Å². The van der Waals surface area contributed by atoms with E-state index in [9.17, 15) is 4.79 Å². The van der Waals surface area contributed by atoms with Gasteiger partial charge in [-0.15, -0.1) is 0 Å². The predicted molar refractivity (Wildman–Crippen MR) is 97.0 cm³/mol. The molecule has 1 amide bonds. The smallest absolute Gasteiger partial charge is 0.228 e. The quantitative estimate of drug-likeness (QED) is 0.681. The van der Waals surface area contributed by atoms with Crippen LogP contribution in [0.3, 0.4) is 0 Å². The van der Waals surface area contributed by atoms with Gasteiger partial charge in [-0.25, -0.2) is 0 Å². The molecule has 26 heavy (non-hydrogen) atoms. The van der Waals surface area contributed by atoms with Crippen LogP contribution in [-0.2, 0) is 20.7 Å². The maximum Gasteiger partial charge on any atom is 0.228 e. The van der Waals surface area contributed by atoms with Gasteiger partial charge in [-0.05, 0) is 39.7 Å². The van der Waals surface area contributed by atoms with Crippen LogP contribution >= 0.6 is 0 Å².